The Hall–Kier alpha value is -1.83. The summed E-state index contributed by atoms with van der Waals surface area (Å²) in [6.07, 6.45) is 8.16. The Morgan fingerprint density at radius 1 is 1.09 bits per heavy atom. The molecule has 4 aliphatic rings. The summed E-state index contributed by atoms with van der Waals surface area (Å²) < 4.78 is 0. The van der Waals surface area contributed by atoms with Gasteiger partial charge in [-0.25, -0.2) is 0 Å². The van der Waals surface area contributed by atoms with Crippen LogP contribution in [0.4, 0.5) is 5.69 Å². The van der Waals surface area contributed by atoms with Crippen LogP contribution in [0.5, 0.6) is 0 Å². The van der Waals surface area contributed by atoms with E-state index in [0.717, 1.165) is 56.5 Å². The highest BCUT2D eigenvalue weighted by molar-refractivity contribution is 6.34. The van der Waals surface area contributed by atoms with Crippen molar-refractivity contribution in [2.75, 3.05) is 38.0 Å². The fraction of sp³-hybridized carbons (Fsp3) is 0.667. The minimum Gasteiger partial charge on any atom is -0.481 e. The van der Waals surface area contributed by atoms with E-state index in [9.17, 15) is 4.79 Å². The van der Waals surface area contributed by atoms with Gasteiger partial charge in [0.05, 0.1) is 10.6 Å². The number of aliphatic carboxylic acids is 1. The van der Waals surface area contributed by atoms with E-state index < -0.39 is 5.97 Å². The van der Waals surface area contributed by atoms with Gasteiger partial charge in [0.15, 0.2) is 0 Å². The van der Waals surface area contributed by atoms with Crippen LogP contribution in [-0.4, -0.2) is 49.7 Å². The molecule has 6 N–H and O–H groups in total. The molecule has 32 heavy (non-hydrogen) atoms. The second kappa shape index (κ2) is 11.3. The molecule has 4 fully saturated rings. The molecule has 0 aromatic heterocycles. The molecule has 4 saturated carbocycles. The summed E-state index contributed by atoms with van der Waals surface area (Å²) in [5.74, 6) is 1.80. The highest BCUT2D eigenvalue weighted by atomic mass is 35.5. The maximum absolute atomic E-state index is 12.9. The number of nitrogens with one attached hydrogen (secondary N) is 3. The normalized spacial score (nSPS) is 27.4. The fourth-order valence-electron chi connectivity index (χ4n) is 6.20. The van der Waals surface area contributed by atoms with Gasteiger partial charge in [0.1, 0.15) is 0 Å². The number of halogens is 1. The first-order chi connectivity index (χ1) is 15.3. The molecule has 0 heterocycles. The summed E-state index contributed by atoms with van der Waals surface area (Å²) in [6, 6.07) is 5.58. The van der Waals surface area contributed by atoms with Gasteiger partial charge in [-0.1, -0.05) is 11.6 Å². The molecule has 0 atom stereocenters. The molecule has 4 bridgehead atoms. The molecule has 5 rings (SSSR count). The van der Waals surface area contributed by atoms with Crippen molar-refractivity contribution in [1.29, 1.82) is 0 Å². The molecular weight excluding hydrogens is 428 g/mol. The zero-order valence-corrected chi connectivity index (χ0v) is 19.7. The van der Waals surface area contributed by atoms with E-state index in [4.69, 9.17) is 27.2 Å². The van der Waals surface area contributed by atoms with E-state index in [-0.39, 0.29) is 5.91 Å². The molecule has 0 aliphatic heterocycles. The summed E-state index contributed by atoms with van der Waals surface area (Å²) in [6.45, 7) is 4.92. The molecule has 4 aliphatic carbocycles. The lowest BCUT2D eigenvalue weighted by Crippen LogP contribution is -2.51. The number of carboxylic acid groups (broad SMARTS) is 1. The average Bonchev–Trinajstić information content (AvgIpc) is 2.72. The van der Waals surface area contributed by atoms with Crippen molar-refractivity contribution in [3.8, 4) is 0 Å². The minimum atomic E-state index is -0.833. The van der Waals surface area contributed by atoms with Crippen molar-refractivity contribution in [3.63, 3.8) is 0 Å². The first kappa shape index (κ1) is 24.8. The maximum atomic E-state index is 12.9. The van der Waals surface area contributed by atoms with Gasteiger partial charge in [-0.2, -0.15) is 0 Å². The molecular formula is C24H37ClN4O3. The van der Waals surface area contributed by atoms with Crippen molar-refractivity contribution in [2.24, 2.45) is 28.9 Å². The topological polar surface area (TPSA) is 116 Å². The summed E-state index contributed by atoms with van der Waals surface area (Å²) in [7, 11) is 0. The van der Waals surface area contributed by atoms with E-state index in [2.05, 4.69) is 16.0 Å². The van der Waals surface area contributed by atoms with Crippen molar-refractivity contribution in [1.82, 2.24) is 10.6 Å². The van der Waals surface area contributed by atoms with Gasteiger partial charge in [0.25, 0.3) is 11.9 Å². The van der Waals surface area contributed by atoms with Gasteiger partial charge >= 0.3 is 0 Å². The second-order valence-corrected chi connectivity index (χ2v) is 10.2. The summed E-state index contributed by atoms with van der Waals surface area (Å²) in [5, 5.41) is 17.7. The van der Waals surface area contributed by atoms with Crippen LogP contribution in [0.2, 0.25) is 5.02 Å². The standard InChI is InChI=1S/C22H33ClN4O.C2H4O2/c23-20-2-1-18(26-6-5-25-4-3-24)10-19(20)21(28)27-14-22-11-15-7-16(12-22)9-17(8-15)13-22;1-2(3)4/h1-2,10,15-17,25-26H,3-9,11-14,24H2,(H,27,28);1H3,(H,3,4). The van der Waals surface area contributed by atoms with Crippen LogP contribution in [0, 0.1) is 23.2 Å². The number of anilines is 1. The third-order valence-electron chi connectivity index (χ3n) is 6.95. The number of carbonyl (C=O) groups excluding carboxylic acids is 1. The van der Waals surface area contributed by atoms with Crippen LogP contribution in [0.15, 0.2) is 18.2 Å². The molecule has 178 valence electrons. The van der Waals surface area contributed by atoms with Gasteiger partial charge < -0.3 is 26.8 Å². The predicted octanol–water partition coefficient (Wildman–Crippen LogP) is 3.34. The van der Waals surface area contributed by atoms with Crippen molar-refractivity contribution < 1.29 is 14.7 Å². The fourth-order valence-corrected chi connectivity index (χ4v) is 6.40. The van der Waals surface area contributed by atoms with Gasteiger partial charge in [0, 0.05) is 45.3 Å². The van der Waals surface area contributed by atoms with Crippen molar-refractivity contribution in [2.45, 2.75) is 45.4 Å². The Morgan fingerprint density at radius 2 is 1.69 bits per heavy atom. The predicted molar refractivity (Wildman–Crippen MR) is 128 cm³/mol. The van der Waals surface area contributed by atoms with Gasteiger partial charge in [-0.15, -0.1) is 0 Å². The lowest BCUT2D eigenvalue weighted by molar-refractivity contribution is -0.134. The van der Waals surface area contributed by atoms with E-state index in [1.807, 2.05) is 12.1 Å². The molecule has 1 aromatic carbocycles. The van der Waals surface area contributed by atoms with Crippen LogP contribution in [0.3, 0.4) is 0 Å². The summed E-state index contributed by atoms with van der Waals surface area (Å²) >= 11 is 6.33. The number of nitrogens with two attached hydrogens (primary N) is 1. The van der Waals surface area contributed by atoms with E-state index in [0.29, 0.717) is 22.5 Å². The Morgan fingerprint density at radius 3 is 2.25 bits per heavy atom. The molecule has 0 radical (unpaired) electrons. The largest absolute Gasteiger partial charge is 0.481 e. The Bertz CT molecular complexity index is 762. The van der Waals surface area contributed by atoms with Crippen LogP contribution in [0.25, 0.3) is 0 Å². The zero-order valence-electron chi connectivity index (χ0n) is 19.0. The Labute approximate surface area is 195 Å². The van der Waals surface area contributed by atoms with Gasteiger partial charge in [0.2, 0.25) is 0 Å². The van der Waals surface area contributed by atoms with Crippen LogP contribution in [0.1, 0.15) is 55.8 Å². The number of benzene rings is 1. The summed E-state index contributed by atoms with van der Waals surface area (Å²) in [5.41, 5.74) is 7.28. The van der Waals surface area contributed by atoms with Crippen LogP contribution < -0.4 is 21.7 Å². The highest BCUT2D eigenvalue weighted by Gasteiger charge is 2.50. The number of hydrogen-bond acceptors (Lipinski definition) is 5. The van der Waals surface area contributed by atoms with E-state index >= 15 is 0 Å². The molecule has 0 spiro atoms. The number of amides is 1. The monoisotopic (exact) mass is 464 g/mol. The molecule has 0 saturated heterocycles. The van der Waals surface area contributed by atoms with Gasteiger partial charge in [-0.05, 0) is 79.9 Å². The number of rotatable bonds is 9. The zero-order chi connectivity index (χ0) is 23.1. The SMILES string of the molecule is CC(=O)O.NCCNCCNc1ccc(Cl)c(C(=O)NCC23CC4CC(CC(C4)C2)C3)c1. The van der Waals surface area contributed by atoms with Crippen LogP contribution >= 0.6 is 11.6 Å². The smallest absolute Gasteiger partial charge is 0.300 e. The lowest BCUT2D eigenvalue weighted by Gasteiger charge is -2.56. The van der Waals surface area contributed by atoms with E-state index in [1.165, 1.54) is 38.5 Å². The first-order valence-electron chi connectivity index (χ1n) is 11.7. The maximum Gasteiger partial charge on any atom is 0.300 e. The molecule has 1 amide bonds. The number of hydrogen-bond donors (Lipinski definition) is 5. The lowest BCUT2D eigenvalue weighted by atomic mass is 9.49. The van der Waals surface area contributed by atoms with E-state index in [1.54, 1.807) is 6.07 Å². The Kier molecular flexibility index (Phi) is 8.79. The number of carboxylic acids is 1. The van der Waals surface area contributed by atoms with Crippen LogP contribution in [-0.2, 0) is 4.79 Å². The number of carbonyl (C=O) groups is 2. The quantitative estimate of drug-likeness (QED) is 0.358. The summed E-state index contributed by atoms with van der Waals surface area (Å²) in [4.78, 5) is 21.9. The average molecular weight is 465 g/mol. The van der Waals surface area contributed by atoms with Crippen molar-refractivity contribution in [3.05, 3.63) is 28.8 Å². The van der Waals surface area contributed by atoms with Crippen molar-refractivity contribution >= 4 is 29.2 Å². The minimum absolute atomic E-state index is 0.0503. The highest BCUT2D eigenvalue weighted by Crippen LogP contribution is 2.59. The van der Waals surface area contributed by atoms with Gasteiger partial charge in [-0.3, -0.25) is 9.59 Å². The molecule has 7 nitrogen and oxygen atoms in total. The first-order valence-corrected chi connectivity index (χ1v) is 12.1. The molecule has 1 aromatic rings. The second-order valence-electron chi connectivity index (χ2n) is 9.78. The molecule has 8 heteroatoms. The third-order valence-corrected chi connectivity index (χ3v) is 7.28. The molecule has 0 unspecified atom stereocenters. The third kappa shape index (κ3) is 6.83. The Balaban J connectivity index is 0.000000668.